The Morgan fingerprint density at radius 2 is 2.33 bits per heavy atom. The van der Waals surface area contributed by atoms with E-state index in [1.54, 1.807) is 0 Å². The van der Waals surface area contributed by atoms with Gasteiger partial charge in [-0.05, 0) is 18.6 Å². The van der Waals surface area contributed by atoms with E-state index in [0.29, 0.717) is 11.0 Å². The number of rotatable bonds is 4. The van der Waals surface area contributed by atoms with Crippen molar-refractivity contribution >= 4 is 22.9 Å². The van der Waals surface area contributed by atoms with Crippen LogP contribution < -0.4 is 5.73 Å². The molecule has 0 fully saturated rings. The average Bonchev–Trinajstić information content (AvgIpc) is 2.36. The van der Waals surface area contributed by atoms with Gasteiger partial charge in [0, 0.05) is 13.1 Å². The Morgan fingerprint density at radius 3 is 2.83 bits per heavy atom. The molecule has 1 aromatic rings. The summed E-state index contributed by atoms with van der Waals surface area (Å²) in [5.74, 6) is 0. The van der Waals surface area contributed by atoms with Crippen LogP contribution in [0.25, 0.3) is 0 Å². The van der Waals surface area contributed by atoms with Crippen molar-refractivity contribution in [1.82, 2.24) is 15.1 Å². The van der Waals surface area contributed by atoms with Crippen LogP contribution in [0.15, 0.2) is 0 Å². The Kier molecular flexibility index (Phi) is 3.87. The summed E-state index contributed by atoms with van der Waals surface area (Å²) in [4.78, 5) is 2.08. The fourth-order valence-electron chi connectivity index (χ4n) is 0.827. The van der Waals surface area contributed by atoms with E-state index in [2.05, 4.69) is 15.1 Å². The molecule has 0 aliphatic carbocycles. The zero-order chi connectivity index (χ0) is 8.97. The second-order valence-corrected chi connectivity index (χ2v) is 4.12. The molecule has 0 bridgehead atoms. The molecular formula is C6H11ClN4S. The first-order chi connectivity index (χ1) is 5.72. The van der Waals surface area contributed by atoms with Crippen molar-refractivity contribution in [2.24, 2.45) is 5.73 Å². The van der Waals surface area contributed by atoms with Gasteiger partial charge < -0.3 is 5.73 Å². The minimum atomic E-state index is 0.492. The van der Waals surface area contributed by atoms with Crippen molar-refractivity contribution in [2.75, 3.05) is 20.1 Å². The van der Waals surface area contributed by atoms with Crippen molar-refractivity contribution < 1.29 is 0 Å². The molecule has 0 radical (unpaired) electrons. The van der Waals surface area contributed by atoms with Crippen LogP contribution in [0.2, 0.25) is 4.47 Å². The van der Waals surface area contributed by atoms with Crippen LogP contribution in [0.3, 0.4) is 0 Å². The van der Waals surface area contributed by atoms with E-state index in [4.69, 9.17) is 17.3 Å². The molecule has 2 N–H and O–H groups in total. The molecule has 0 aromatic carbocycles. The number of likely N-dealkylation sites (N-methyl/N-ethyl adjacent to an activating group) is 1. The van der Waals surface area contributed by atoms with Crippen molar-refractivity contribution in [1.29, 1.82) is 0 Å². The third-order valence-corrected chi connectivity index (χ3v) is 2.36. The van der Waals surface area contributed by atoms with E-state index in [1.807, 2.05) is 7.05 Å². The summed E-state index contributed by atoms with van der Waals surface area (Å²) in [7, 11) is 1.99. The number of nitrogens with zero attached hydrogens (tertiary/aromatic N) is 3. The Bertz CT molecular complexity index is 239. The SMILES string of the molecule is CN(CCN)Cc1nnc(Cl)s1. The Labute approximate surface area is 80.3 Å². The predicted octanol–water partition coefficient (Wildman–Crippen LogP) is 0.582. The van der Waals surface area contributed by atoms with Crippen LogP contribution in [-0.2, 0) is 6.54 Å². The maximum Gasteiger partial charge on any atom is 0.207 e. The summed E-state index contributed by atoms with van der Waals surface area (Å²) in [6.45, 7) is 2.28. The molecule has 1 rings (SSSR count). The second kappa shape index (κ2) is 4.71. The van der Waals surface area contributed by atoms with Crippen LogP contribution in [-0.4, -0.2) is 35.2 Å². The number of halogens is 1. The molecule has 0 saturated carbocycles. The fourth-order valence-corrected chi connectivity index (χ4v) is 1.78. The summed E-state index contributed by atoms with van der Waals surface area (Å²) >= 11 is 7.03. The molecule has 0 amide bonds. The van der Waals surface area contributed by atoms with Gasteiger partial charge in [0.05, 0.1) is 6.54 Å². The lowest BCUT2D eigenvalue weighted by atomic mass is 10.5. The minimum absolute atomic E-state index is 0.492. The van der Waals surface area contributed by atoms with Crippen molar-refractivity contribution in [3.63, 3.8) is 0 Å². The second-order valence-electron chi connectivity index (χ2n) is 2.48. The summed E-state index contributed by atoms with van der Waals surface area (Å²) in [5.41, 5.74) is 5.39. The van der Waals surface area contributed by atoms with E-state index in [-0.39, 0.29) is 0 Å². The van der Waals surface area contributed by atoms with E-state index < -0.39 is 0 Å². The van der Waals surface area contributed by atoms with Gasteiger partial charge in [-0.2, -0.15) is 0 Å². The first kappa shape index (κ1) is 9.85. The van der Waals surface area contributed by atoms with Gasteiger partial charge in [-0.1, -0.05) is 11.3 Å². The van der Waals surface area contributed by atoms with Crippen LogP contribution in [0, 0.1) is 0 Å². The minimum Gasteiger partial charge on any atom is -0.329 e. The standard InChI is InChI=1S/C6H11ClN4S/c1-11(3-2-8)4-5-9-10-6(7)12-5/h2-4,8H2,1H3. The zero-order valence-electron chi connectivity index (χ0n) is 6.83. The molecule has 4 nitrogen and oxygen atoms in total. The Hall–Kier alpha value is -0.230. The normalized spacial score (nSPS) is 11.0. The highest BCUT2D eigenvalue weighted by Gasteiger charge is 2.04. The summed E-state index contributed by atoms with van der Waals surface area (Å²) < 4.78 is 0.492. The highest BCUT2D eigenvalue weighted by atomic mass is 35.5. The lowest BCUT2D eigenvalue weighted by Crippen LogP contribution is -2.24. The molecule has 1 heterocycles. The number of hydrogen-bond donors (Lipinski definition) is 1. The highest BCUT2D eigenvalue weighted by molar-refractivity contribution is 7.15. The average molecular weight is 207 g/mol. The third kappa shape index (κ3) is 3.02. The highest BCUT2D eigenvalue weighted by Crippen LogP contribution is 2.15. The molecule has 6 heteroatoms. The summed E-state index contributed by atoms with van der Waals surface area (Å²) in [5, 5.41) is 8.52. The van der Waals surface area contributed by atoms with Gasteiger partial charge in [0.25, 0.3) is 0 Å². The first-order valence-corrected chi connectivity index (χ1v) is 4.78. The van der Waals surface area contributed by atoms with E-state index in [0.717, 1.165) is 18.1 Å². The monoisotopic (exact) mass is 206 g/mol. The van der Waals surface area contributed by atoms with Gasteiger partial charge >= 0.3 is 0 Å². The number of nitrogens with two attached hydrogens (primary N) is 1. The molecule has 68 valence electrons. The number of hydrogen-bond acceptors (Lipinski definition) is 5. The Balaban J connectivity index is 2.41. The molecule has 0 saturated heterocycles. The topological polar surface area (TPSA) is 55.0 Å². The summed E-state index contributed by atoms with van der Waals surface area (Å²) in [6, 6.07) is 0. The van der Waals surface area contributed by atoms with Crippen molar-refractivity contribution in [3.05, 3.63) is 9.47 Å². The van der Waals surface area contributed by atoms with Gasteiger partial charge in [-0.3, -0.25) is 4.90 Å². The summed E-state index contributed by atoms with van der Waals surface area (Å²) in [6.07, 6.45) is 0. The molecule has 0 aliphatic heterocycles. The smallest absolute Gasteiger partial charge is 0.207 e. The molecule has 12 heavy (non-hydrogen) atoms. The lowest BCUT2D eigenvalue weighted by molar-refractivity contribution is 0.335. The third-order valence-electron chi connectivity index (χ3n) is 1.36. The molecule has 0 aliphatic rings. The lowest BCUT2D eigenvalue weighted by Gasteiger charge is -2.11. The molecule has 1 aromatic heterocycles. The van der Waals surface area contributed by atoms with Gasteiger partial charge in [0.1, 0.15) is 5.01 Å². The van der Waals surface area contributed by atoms with E-state index >= 15 is 0 Å². The largest absolute Gasteiger partial charge is 0.329 e. The molecular weight excluding hydrogens is 196 g/mol. The van der Waals surface area contributed by atoms with E-state index in [1.165, 1.54) is 11.3 Å². The fraction of sp³-hybridized carbons (Fsp3) is 0.667. The first-order valence-electron chi connectivity index (χ1n) is 3.59. The molecule has 0 spiro atoms. The van der Waals surface area contributed by atoms with Crippen molar-refractivity contribution in [3.8, 4) is 0 Å². The quantitative estimate of drug-likeness (QED) is 0.783. The zero-order valence-corrected chi connectivity index (χ0v) is 8.40. The van der Waals surface area contributed by atoms with Crippen LogP contribution in [0.5, 0.6) is 0 Å². The van der Waals surface area contributed by atoms with Gasteiger partial charge in [0.15, 0.2) is 0 Å². The Morgan fingerprint density at radius 1 is 1.58 bits per heavy atom. The maximum absolute atomic E-state index is 5.62. The van der Waals surface area contributed by atoms with Crippen LogP contribution >= 0.6 is 22.9 Å². The van der Waals surface area contributed by atoms with Crippen molar-refractivity contribution in [2.45, 2.75) is 6.54 Å². The number of aromatic nitrogens is 2. The maximum atomic E-state index is 5.62. The van der Waals surface area contributed by atoms with Gasteiger partial charge in [0.2, 0.25) is 4.47 Å². The van der Waals surface area contributed by atoms with Gasteiger partial charge in [-0.25, -0.2) is 0 Å². The van der Waals surface area contributed by atoms with Gasteiger partial charge in [-0.15, -0.1) is 10.2 Å². The van der Waals surface area contributed by atoms with Crippen LogP contribution in [0.1, 0.15) is 5.01 Å². The van der Waals surface area contributed by atoms with Crippen LogP contribution in [0.4, 0.5) is 0 Å². The van der Waals surface area contributed by atoms with E-state index in [9.17, 15) is 0 Å². The molecule has 0 unspecified atom stereocenters. The molecule has 0 atom stereocenters. The predicted molar refractivity (Wildman–Crippen MR) is 50.3 cm³/mol.